The van der Waals surface area contributed by atoms with Crippen molar-refractivity contribution < 1.29 is 9.26 Å². The van der Waals surface area contributed by atoms with Crippen molar-refractivity contribution in [2.75, 3.05) is 5.75 Å². The standard InChI is InChI=1S/C15H19N3O2S/c1-10(16)5-4-8-14-17-15(18-20-14)12-9-21-13-7-3-2-6-11(13)19-12/h2-3,6-7,10,12H,4-5,8-9,16H2,1H3. The summed E-state index contributed by atoms with van der Waals surface area (Å²) in [6.45, 7) is 2.00. The number of hydrogen-bond donors (Lipinski definition) is 1. The van der Waals surface area contributed by atoms with Crippen LogP contribution in [-0.4, -0.2) is 21.9 Å². The molecule has 0 radical (unpaired) electrons. The minimum absolute atomic E-state index is 0.143. The smallest absolute Gasteiger partial charge is 0.226 e. The van der Waals surface area contributed by atoms with Gasteiger partial charge in [0.1, 0.15) is 5.75 Å². The number of aryl methyl sites for hydroxylation is 1. The third-order valence-electron chi connectivity index (χ3n) is 3.33. The molecular weight excluding hydrogens is 286 g/mol. The van der Waals surface area contributed by atoms with Crippen LogP contribution in [0.5, 0.6) is 5.75 Å². The van der Waals surface area contributed by atoms with Gasteiger partial charge in [-0.15, -0.1) is 11.8 Å². The Morgan fingerprint density at radius 1 is 1.43 bits per heavy atom. The van der Waals surface area contributed by atoms with Crippen LogP contribution in [0, 0.1) is 0 Å². The van der Waals surface area contributed by atoms with Gasteiger partial charge in [0.25, 0.3) is 0 Å². The van der Waals surface area contributed by atoms with Crippen molar-refractivity contribution in [1.82, 2.24) is 10.1 Å². The number of para-hydroxylation sites is 1. The molecule has 5 nitrogen and oxygen atoms in total. The summed E-state index contributed by atoms with van der Waals surface area (Å²) in [7, 11) is 0. The number of rotatable bonds is 5. The summed E-state index contributed by atoms with van der Waals surface area (Å²) < 4.78 is 11.2. The van der Waals surface area contributed by atoms with Gasteiger partial charge in [-0.3, -0.25) is 0 Å². The third kappa shape index (κ3) is 3.57. The molecule has 3 rings (SSSR count). The van der Waals surface area contributed by atoms with Gasteiger partial charge in [0.05, 0.1) is 0 Å². The zero-order valence-corrected chi connectivity index (χ0v) is 12.8. The molecule has 2 unspecified atom stereocenters. The van der Waals surface area contributed by atoms with Crippen molar-refractivity contribution in [2.24, 2.45) is 5.73 Å². The monoisotopic (exact) mass is 305 g/mol. The Kier molecular flexibility index (Phi) is 4.45. The maximum Gasteiger partial charge on any atom is 0.226 e. The summed E-state index contributed by atoms with van der Waals surface area (Å²) in [6, 6.07) is 8.23. The zero-order chi connectivity index (χ0) is 14.7. The molecule has 0 spiro atoms. The molecule has 0 saturated heterocycles. The number of aromatic nitrogens is 2. The second kappa shape index (κ2) is 6.49. The van der Waals surface area contributed by atoms with Gasteiger partial charge in [-0.05, 0) is 31.9 Å². The number of ether oxygens (including phenoxy) is 1. The number of nitrogens with two attached hydrogens (primary N) is 1. The van der Waals surface area contributed by atoms with E-state index in [2.05, 4.69) is 16.2 Å². The second-order valence-corrected chi connectivity index (χ2v) is 6.34. The quantitative estimate of drug-likeness (QED) is 0.915. The van der Waals surface area contributed by atoms with Crippen LogP contribution < -0.4 is 10.5 Å². The van der Waals surface area contributed by atoms with Crippen LogP contribution in [0.1, 0.15) is 37.6 Å². The Morgan fingerprint density at radius 2 is 2.29 bits per heavy atom. The van der Waals surface area contributed by atoms with E-state index in [0.29, 0.717) is 11.7 Å². The molecule has 0 bridgehead atoms. The van der Waals surface area contributed by atoms with Crippen LogP contribution in [0.4, 0.5) is 0 Å². The molecule has 2 N–H and O–H groups in total. The molecule has 6 heteroatoms. The van der Waals surface area contributed by atoms with E-state index in [1.807, 2.05) is 25.1 Å². The molecule has 21 heavy (non-hydrogen) atoms. The number of benzene rings is 1. The van der Waals surface area contributed by atoms with Gasteiger partial charge in [-0.1, -0.05) is 17.3 Å². The van der Waals surface area contributed by atoms with Crippen molar-refractivity contribution in [3.63, 3.8) is 0 Å². The summed E-state index contributed by atoms with van der Waals surface area (Å²) in [5.41, 5.74) is 5.73. The second-order valence-electron chi connectivity index (χ2n) is 5.28. The largest absolute Gasteiger partial charge is 0.480 e. The summed E-state index contributed by atoms with van der Waals surface area (Å²) >= 11 is 1.76. The average Bonchev–Trinajstić information content (AvgIpc) is 2.95. The van der Waals surface area contributed by atoms with Crippen LogP contribution in [-0.2, 0) is 6.42 Å². The maximum atomic E-state index is 5.95. The van der Waals surface area contributed by atoms with Gasteiger partial charge in [-0.25, -0.2) is 0 Å². The van der Waals surface area contributed by atoms with E-state index in [1.54, 1.807) is 11.8 Å². The number of nitrogens with zero attached hydrogens (tertiary/aromatic N) is 2. The minimum atomic E-state index is -0.143. The predicted molar refractivity (Wildman–Crippen MR) is 81.4 cm³/mol. The Hall–Kier alpha value is -1.53. The molecule has 1 aliphatic rings. The van der Waals surface area contributed by atoms with Crippen LogP contribution >= 0.6 is 11.8 Å². The Balaban J connectivity index is 1.62. The lowest BCUT2D eigenvalue weighted by Crippen LogP contribution is -2.16. The minimum Gasteiger partial charge on any atom is -0.480 e. The molecule has 2 atom stereocenters. The molecule has 0 saturated carbocycles. The summed E-state index contributed by atoms with van der Waals surface area (Å²) in [6.07, 6.45) is 2.55. The van der Waals surface area contributed by atoms with Crippen LogP contribution in [0.3, 0.4) is 0 Å². The van der Waals surface area contributed by atoms with E-state index in [9.17, 15) is 0 Å². The highest BCUT2D eigenvalue weighted by molar-refractivity contribution is 7.99. The first-order valence-electron chi connectivity index (χ1n) is 7.19. The van der Waals surface area contributed by atoms with Gasteiger partial charge < -0.3 is 15.0 Å². The maximum absolute atomic E-state index is 5.95. The molecular formula is C15H19N3O2S. The molecule has 0 amide bonds. The highest BCUT2D eigenvalue weighted by Crippen LogP contribution is 2.39. The number of fused-ring (bicyclic) bond motifs is 1. The van der Waals surface area contributed by atoms with Crippen molar-refractivity contribution in [2.45, 2.75) is 43.2 Å². The van der Waals surface area contributed by atoms with Gasteiger partial charge in [0, 0.05) is 23.1 Å². The predicted octanol–water partition coefficient (Wildman–Crippen LogP) is 2.97. The van der Waals surface area contributed by atoms with Crippen molar-refractivity contribution in [1.29, 1.82) is 0 Å². The van der Waals surface area contributed by atoms with E-state index in [1.165, 1.54) is 0 Å². The Labute approximate surface area is 128 Å². The highest BCUT2D eigenvalue weighted by atomic mass is 32.2. The van der Waals surface area contributed by atoms with Crippen molar-refractivity contribution in [3.8, 4) is 5.75 Å². The zero-order valence-electron chi connectivity index (χ0n) is 12.0. The molecule has 2 heterocycles. The molecule has 1 aliphatic heterocycles. The summed E-state index contributed by atoms with van der Waals surface area (Å²) in [5.74, 6) is 2.99. The van der Waals surface area contributed by atoms with Gasteiger partial charge in [0.15, 0.2) is 6.10 Å². The molecule has 0 fully saturated rings. The average molecular weight is 305 g/mol. The fraction of sp³-hybridized carbons (Fsp3) is 0.467. The first kappa shape index (κ1) is 14.4. The van der Waals surface area contributed by atoms with E-state index >= 15 is 0 Å². The van der Waals surface area contributed by atoms with Crippen LogP contribution in [0.2, 0.25) is 0 Å². The molecule has 112 valence electrons. The lowest BCUT2D eigenvalue weighted by molar-refractivity contribution is 0.205. The third-order valence-corrected chi connectivity index (χ3v) is 4.45. The number of hydrogen-bond acceptors (Lipinski definition) is 6. The van der Waals surface area contributed by atoms with E-state index in [-0.39, 0.29) is 12.1 Å². The molecule has 2 aromatic rings. The lowest BCUT2D eigenvalue weighted by atomic mass is 10.1. The lowest BCUT2D eigenvalue weighted by Gasteiger charge is -2.22. The topological polar surface area (TPSA) is 74.2 Å². The first-order valence-corrected chi connectivity index (χ1v) is 8.17. The fourth-order valence-corrected chi connectivity index (χ4v) is 3.20. The molecule has 1 aromatic carbocycles. The summed E-state index contributed by atoms with van der Waals surface area (Å²) in [5, 5.41) is 4.05. The fourth-order valence-electron chi connectivity index (χ4n) is 2.22. The first-order chi connectivity index (χ1) is 10.2. The SMILES string of the molecule is CC(N)CCCc1nc(C2CSc3ccccc3O2)no1. The summed E-state index contributed by atoms with van der Waals surface area (Å²) in [4.78, 5) is 5.61. The van der Waals surface area contributed by atoms with Crippen LogP contribution in [0.15, 0.2) is 33.7 Å². The molecule has 1 aromatic heterocycles. The van der Waals surface area contributed by atoms with Gasteiger partial charge >= 0.3 is 0 Å². The normalized spacial score (nSPS) is 18.9. The van der Waals surface area contributed by atoms with Crippen LogP contribution in [0.25, 0.3) is 0 Å². The van der Waals surface area contributed by atoms with E-state index in [4.69, 9.17) is 15.0 Å². The number of thioether (sulfide) groups is 1. The van der Waals surface area contributed by atoms with E-state index < -0.39 is 0 Å². The van der Waals surface area contributed by atoms with Gasteiger partial charge in [0.2, 0.25) is 11.7 Å². The van der Waals surface area contributed by atoms with Crippen molar-refractivity contribution >= 4 is 11.8 Å². The Morgan fingerprint density at radius 3 is 3.14 bits per heavy atom. The van der Waals surface area contributed by atoms with Gasteiger partial charge in [-0.2, -0.15) is 4.98 Å². The Bertz CT molecular complexity index is 600. The van der Waals surface area contributed by atoms with Crippen molar-refractivity contribution in [3.05, 3.63) is 36.0 Å². The van der Waals surface area contributed by atoms with E-state index in [0.717, 1.165) is 35.7 Å². The highest BCUT2D eigenvalue weighted by Gasteiger charge is 2.25. The molecule has 0 aliphatic carbocycles.